The van der Waals surface area contributed by atoms with E-state index in [1.54, 1.807) is 30.3 Å². The summed E-state index contributed by atoms with van der Waals surface area (Å²) in [5.41, 5.74) is 8.03. The standard InChI is InChI=1S/C29H27BrN2O5/c1-2-3-4-14-34-22-7-5-6-19(15-22)28-24-13-12-23(16-26(24)37-29(32)25(28)17-31)36-27(33)18-35-21-10-8-20(30)9-11-21/h5-13,15-16,28H,2-4,14,18,32H2,1H3. The fraction of sp³-hybridized carbons (Fsp3) is 0.241. The van der Waals surface area contributed by atoms with E-state index >= 15 is 0 Å². The van der Waals surface area contributed by atoms with E-state index in [1.807, 2.05) is 36.4 Å². The molecule has 1 aliphatic heterocycles. The fourth-order valence-electron chi connectivity index (χ4n) is 4.00. The smallest absolute Gasteiger partial charge is 0.349 e. The fourth-order valence-corrected chi connectivity index (χ4v) is 4.27. The minimum Gasteiger partial charge on any atom is -0.494 e. The first-order valence-electron chi connectivity index (χ1n) is 12.0. The zero-order valence-corrected chi connectivity index (χ0v) is 22.0. The first-order chi connectivity index (χ1) is 18.0. The Morgan fingerprint density at radius 1 is 1.03 bits per heavy atom. The molecular formula is C29H27BrN2O5. The molecule has 2 N–H and O–H groups in total. The summed E-state index contributed by atoms with van der Waals surface area (Å²) >= 11 is 3.35. The van der Waals surface area contributed by atoms with Gasteiger partial charge in [-0.1, -0.05) is 53.9 Å². The van der Waals surface area contributed by atoms with Gasteiger partial charge in [-0.25, -0.2) is 4.79 Å². The largest absolute Gasteiger partial charge is 0.494 e. The van der Waals surface area contributed by atoms with Gasteiger partial charge in [0.25, 0.3) is 0 Å². The van der Waals surface area contributed by atoms with Crippen LogP contribution in [-0.2, 0) is 4.79 Å². The lowest BCUT2D eigenvalue weighted by Gasteiger charge is -2.27. The molecule has 0 aromatic heterocycles. The molecule has 37 heavy (non-hydrogen) atoms. The third-order valence-corrected chi connectivity index (χ3v) is 6.33. The van der Waals surface area contributed by atoms with Crippen LogP contribution in [0, 0.1) is 11.3 Å². The summed E-state index contributed by atoms with van der Waals surface area (Å²) in [6, 6.07) is 22.0. The number of allylic oxidation sites excluding steroid dienone is 1. The van der Waals surface area contributed by atoms with Gasteiger partial charge in [-0.05, 0) is 54.4 Å². The molecule has 8 heteroatoms. The highest BCUT2D eigenvalue weighted by molar-refractivity contribution is 9.10. The normalized spacial score (nSPS) is 14.2. The van der Waals surface area contributed by atoms with Gasteiger partial charge in [-0.15, -0.1) is 0 Å². The van der Waals surface area contributed by atoms with Crippen molar-refractivity contribution in [1.82, 2.24) is 0 Å². The van der Waals surface area contributed by atoms with Crippen molar-refractivity contribution in [2.45, 2.75) is 32.1 Å². The molecule has 0 saturated heterocycles. The lowest BCUT2D eigenvalue weighted by molar-refractivity contribution is -0.136. The summed E-state index contributed by atoms with van der Waals surface area (Å²) in [5, 5.41) is 9.85. The molecule has 7 nitrogen and oxygen atoms in total. The number of hydrogen-bond donors (Lipinski definition) is 1. The summed E-state index contributed by atoms with van der Waals surface area (Å²) in [6.07, 6.45) is 3.20. The number of fused-ring (bicyclic) bond motifs is 1. The van der Waals surface area contributed by atoms with E-state index in [4.69, 9.17) is 24.7 Å². The molecular weight excluding hydrogens is 536 g/mol. The van der Waals surface area contributed by atoms with Crippen LogP contribution in [0.1, 0.15) is 43.2 Å². The number of carbonyl (C=O) groups is 1. The summed E-state index contributed by atoms with van der Waals surface area (Å²) in [4.78, 5) is 12.3. The van der Waals surface area contributed by atoms with Crippen LogP contribution in [-0.4, -0.2) is 19.2 Å². The van der Waals surface area contributed by atoms with Crippen molar-refractivity contribution in [3.8, 4) is 29.1 Å². The predicted molar refractivity (Wildman–Crippen MR) is 142 cm³/mol. The summed E-state index contributed by atoms with van der Waals surface area (Å²) in [5.74, 6) is 0.973. The van der Waals surface area contributed by atoms with Gasteiger partial charge in [0.1, 0.15) is 34.6 Å². The van der Waals surface area contributed by atoms with Crippen molar-refractivity contribution >= 4 is 21.9 Å². The topological polar surface area (TPSA) is 104 Å². The number of carbonyl (C=O) groups excluding carboxylic acids is 1. The number of unbranched alkanes of at least 4 members (excludes halogenated alkanes) is 2. The SMILES string of the molecule is CCCCCOc1cccc(C2C(C#N)=C(N)Oc3cc(OC(=O)COc4ccc(Br)cc4)ccc32)c1. The van der Waals surface area contributed by atoms with Crippen molar-refractivity contribution < 1.29 is 23.7 Å². The third-order valence-electron chi connectivity index (χ3n) is 5.80. The van der Waals surface area contributed by atoms with Crippen LogP contribution in [0.25, 0.3) is 0 Å². The van der Waals surface area contributed by atoms with Gasteiger partial charge in [-0.3, -0.25) is 0 Å². The Balaban J connectivity index is 1.51. The molecule has 4 rings (SSSR count). The molecule has 190 valence electrons. The van der Waals surface area contributed by atoms with E-state index in [0.29, 0.717) is 23.7 Å². The molecule has 0 fully saturated rings. The molecule has 0 bridgehead atoms. The zero-order valence-electron chi connectivity index (χ0n) is 20.4. The molecule has 3 aromatic carbocycles. The van der Waals surface area contributed by atoms with Gasteiger partial charge in [0.2, 0.25) is 5.88 Å². The van der Waals surface area contributed by atoms with Crippen LogP contribution in [0.4, 0.5) is 0 Å². The highest BCUT2D eigenvalue weighted by atomic mass is 79.9. The molecule has 0 spiro atoms. The molecule has 0 radical (unpaired) electrons. The van der Waals surface area contributed by atoms with Crippen molar-refractivity contribution in [2.24, 2.45) is 5.73 Å². The first-order valence-corrected chi connectivity index (χ1v) is 12.8. The Kier molecular flexibility index (Phi) is 8.70. The van der Waals surface area contributed by atoms with Crippen LogP contribution in [0.5, 0.6) is 23.0 Å². The number of halogens is 1. The number of nitrogens with two attached hydrogens (primary N) is 1. The number of esters is 1. The van der Waals surface area contributed by atoms with Gasteiger partial charge in [0.15, 0.2) is 6.61 Å². The van der Waals surface area contributed by atoms with E-state index in [2.05, 4.69) is 28.9 Å². The summed E-state index contributed by atoms with van der Waals surface area (Å²) in [7, 11) is 0. The Bertz CT molecular complexity index is 1330. The average molecular weight is 563 g/mol. The molecule has 0 aliphatic carbocycles. The number of ether oxygens (including phenoxy) is 4. The summed E-state index contributed by atoms with van der Waals surface area (Å²) in [6.45, 7) is 2.52. The Labute approximate surface area is 224 Å². The van der Waals surface area contributed by atoms with Crippen molar-refractivity contribution in [1.29, 1.82) is 5.26 Å². The minimum atomic E-state index is -0.565. The van der Waals surface area contributed by atoms with Crippen LogP contribution < -0.4 is 24.7 Å². The highest BCUT2D eigenvalue weighted by Crippen LogP contribution is 2.44. The molecule has 0 saturated carbocycles. The quantitative estimate of drug-likeness (QED) is 0.177. The molecule has 1 atom stereocenters. The van der Waals surface area contributed by atoms with Crippen LogP contribution >= 0.6 is 15.9 Å². The van der Waals surface area contributed by atoms with Crippen molar-refractivity contribution in [3.63, 3.8) is 0 Å². The lowest BCUT2D eigenvalue weighted by Crippen LogP contribution is -2.21. The monoisotopic (exact) mass is 562 g/mol. The molecule has 0 amide bonds. The molecule has 1 unspecified atom stereocenters. The van der Waals surface area contributed by atoms with E-state index in [0.717, 1.165) is 40.6 Å². The molecule has 1 heterocycles. The maximum Gasteiger partial charge on any atom is 0.349 e. The highest BCUT2D eigenvalue weighted by Gasteiger charge is 2.31. The van der Waals surface area contributed by atoms with Gasteiger partial charge in [0, 0.05) is 16.1 Å². The van der Waals surface area contributed by atoms with E-state index in [1.165, 1.54) is 0 Å². The number of nitriles is 1. The van der Waals surface area contributed by atoms with E-state index < -0.39 is 11.9 Å². The Morgan fingerprint density at radius 3 is 2.57 bits per heavy atom. The Hall–Kier alpha value is -3.96. The summed E-state index contributed by atoms with van der Waals surface area (Å²) < 4.78 is 23.5. The van der Waals surface area contributed by atoms with Crippen LogP contribution in [0.15, 0.2) is 82.7 Å². The Morgan fingerprint density at radius 2 is 1.81 bits per heavy atom. The second-order valence-corrected chi connectivity index (χ2v) is 9.38. The van der Waals surface area contributed by atoms with E-state index in [9.17, 15) is 10.1 Å². The number of rotatable bonds is 10. The van der Waals surface area contributed by atoms with Gasteiger partial charge in [-0.2, -0.15) is 5.26 Å². The van der Waals surface area contributed by atoms with Crippen molar-refractivity contribution in [2.75, 3.05) is 13.2 Å². The minimum absolute atomic E-state index is 0.0105. The molecule has 1 aliphatic rings. The zero-order chi connectivity index (χ0) is 26.2. The predicted octanol–water partition coefficient (Wildman–Crippen LogP) is 6.22. The second-order valence-electron chi connectivity index (χ2n) is 8.47. The lowest BCUT2D eigenvalue weighted by atomic mass is 9.83. The van der Waals surface area contributed by atoms with Crippen LogP contribution in [0.3, 0.4) is 0 Å². The van der Waals surface area contributed by atoms with Gasteiger partial charge < -0.3 is 24.7 Å². The maximum atomic E-state index is 12.3. The van der Waals surface area contributed by atoms with E-state index in [-0.39, 0.29) is 18.2 Å². The first kappa shape index (κ1) is 26.1. The second kappa shape index (κ2) is 12.3. The molecule has 3 aromatic rings. The van der Waals surface area contributed by atoms with Crippen molar-refractivity contribution in [3.05, 3.63) is 93.8 Å². The van der Waals surface area contributed by atoms with Crippen LogP contribution in [0.2, 0.25) is 0 Å². The number of nitrogens with zero attached hydrogens (tertiary/aromatic N) is 1. The van der Waals surface area contributed by atoms with Gasteiger partial charge in [0.05, 0.1) is 12.5 Å². The number of benzene rings is 3. The third kappa shape index (κ3) is 6.63. The number of hydrogen-bond acceptors (Lipinski definition) is 7. The van der Waals surface area contributed by atoms with Gasteiger partial charge >= 0.3 is 5.97 Å². The maximum absolute atomic E-state index is 12.3. The average Bonchev–Trinajstić information content (AvgIpc) is 2.90.